The lowest BCUT2D eigenvalue weighted by atomic mass is 10.1. The average Bonchev–Trinajstić information content (AvgIpc) is 2.44. The number of para-hydroxylation sites is 1. The molecule has 3 N–H and O–H groups in total. The Kier molecular flexibility index (Phi) is 7.25. The van der Waals surface area contributed by atoms with Crippen LogP contribution in [-0.4, -0.2) is 36.9 Å². The minimum atomic E-state index is -1.07. The Bertz CT molecular complexity index is 489. The molecular formula is C15H22N2O4. The summed E-state index contributed by atoms with van der Waals surface area (Å²) in [4.78, 5) is 22.9. The van der Waals surface area contributed by atoms with Crippen LogP contribution in [0.25, 0.3) is 0 Å². The minimum Gasteiger partial charge on any atom is -0.478 e. The van der Waals surface area contributed by atoms with Gasteiger partial charge < -0.3 is 20.5 Å². The van der Waals surface area contributed by atoms with Crippen molar-refractivity contribution in [1.82, 2.24) is 5.32 Å². The van der Waals surface area contributed by atoms with E-state index < -0.39 is 12.0 Å². The normalized spacial score (nSPS) is 10.2. The first kappa shape index (κ1) is 17.0. The van der Waals surface area contributed by atoms with E-state index in [1.165, 1.54) is 6.07 Å². The number of carbonyl (C=O) groups excluding carboxylic acids is 1. The van der Waals surface area contributed by atoms with Gasteiger partial charge in [-0.05, 0) is 25.0 Å². The van der Waals surface area contributed by atoms with Crippen LogP contribution in [0.4, 0.5) is 10.5 Å². The predicted octanol–water partition coefficient (Wildman–Crippen LogP) is 2.63. The Morgan fingerprint density at radius 2 is 2.05 bits per heavy atom. The van der Waals surface area contributed by atoms with Gasteiger partial charge in [0, 0.05) is 13.2 Å². The Morgan fingerprint density at radius 1 is 1.29 bits per heavy atom. The summed E-state index contributed by atoms with van der Waals surface area (Å²) in [5, 5.41) is 14.3. The van der Waals surface area contributed by atoms with Gasteiger partial charge in [0.1, 0.15) is 0 Å². The molecule has 0 aliphatic carbocycles. The third kappa shape index (κ3) is 5.83. The van der Waals surface area contributed by atoms with Crippen LogP contribution in [0.3, 0.4) is 0 Å². The Labute approximate surface area is 124 Å². The van der Waals surface area contributed by atoms with Crippen LogP contribution in [0.1, 0.15) is 35.7 Å². The number of hydrogen-bond donors (Lipinski definition) is 3. The summed E-state index contributed by atoms with van der Waals surface area (Å²) in [6.07, 6.45) is 2.07. The van der Waals surface area contributed by atoms with Crippen LogP contribution in [0.2, 0.25) is 0 Å². The van der Waals surface area contributed by atoms with E-state index in [9.17, 15) is 9.59 Å². The second-order valence-corrected chi connectivity index (χ2v) is 4.65. The van der Waals surface area contributed by atoms with Crippen molar-refractivity contribution in [2.45, 2.75) is 26.7 Å². The highest BCUT2D eigenvalue weighted by atomic mass is 16.5. The molecule has 0 aromatic heterocycles. The van der Waals surface area contributed by atoms with Crippen molar-refractivity contribution in [2.75, 3.05) is 25.1 Å². The lowest BCUT2D eigenvalue weighted by Crippen LogP contribution is -2.32. The van der Waals surface area contributed by atoms with Gasteiger partial charge in [-0.3, -0.25) is 0 Å². The molecule has 2 amide bonds. The third-order valence-corrected chi connectivity index (χ3v) is 2.92. The zero-order valence-electron chi connectivity index (χ0n) is 12.4. The summed E-state index contributed by atoms with van der Waals surface area (Å²) in [5.41, 5.74) is 1.09. The molecule has 0 unspecified atom stereocenters. The van der Waals surface area contributed by atoms with Gasteiger partial charge in [-0.1, -0.05) is 25.5 Å². The first-order valence-electron chi connectivity index (χ1n) is 7.01. The number of rotatable bonds is 8. The van der Waals surface area contributed by atoms with Gasteiger partial charge in [-0.25, -0.2) is 9.59 Å². The van der Waals surface area contributed by atoms with Gasteiger partial charge >= 0.3 is 12.0 Å². The van der Waals surface area contributed by atoms with Crippen LogP contribution >= 0.6 is 0 Å². The molecule has 0 heterocycles. The van der Waals surface area contributed by atoms with Gasteiger partial charge in [0.15, 0.2) is 0 Å². The maximum atomic E-state index is 11.8. The summed E-state index contributed by atoms with van der Waals surface area (Å²) < 4.78 is 5.32. The van der Waals surface area contributed by atoms with Crippen LogP contribution < -0.4 is 10.6 Å². The van der Waals surface area contributed by atoms with Crippen LogP contribution in [0, 0.1) is 6.92 Å². The van der Waals surface area contributed by atoms with E-state index in [4.69, 9.17) is 9.84 Å². The molecule has 0 bridgehead atoms. The highest BCUT2D eigenvalue weighted by Gasteiger charge is 2.13. The topological polar surface area (TPSA) is 87.7 Å². The molecule has 0 saturated carbocycles. The molecule has 0 aliphatic heterocycles. The third-order valence-electron chi connectivity index (χ3n) is 2.92. The van der Waals surface area contributed by atoms with E-state index >= 15 is 0 Å². The van der Waals surface area contributed by atoms with Crippen molar-refractivity contribution >= 4 is 17.7 Å². The number of urea groups is 1. The zero-order chi connectivity index (χ0) is 15.7. The monoisotopic (exact) mass is 294 g/mol. The molecule has 21 heavy (non-hydrogen) atoms. The minimum absolute atomic E-state index is 0.0735. The number of ether oxygens (including phenoxy) is 1. The zero-order valence-corrected chi connectivity index (χ0v) is 12.4. The molecule has 1 rings (SSSR count). The fourth-order valence-corrected chi connectivity index (χ4v) is 1.75. The quantitative estimate of drug-likeness (QED) is 0.643. The van der Waals surface area contributed by atoms with Gasteiger partial charge in [0.25, 0.3) is 0 Å². The maximum Gasteiger partial charge on any atom is 0.337 e. The van der Waals surface area contributed by atoms with E-state index in [1.807, 2.05) is 0 Å². The number of carboxylic acid groups (broad SMARTS) is 1. The summed E-state index contributed by atoms with van der Waals surface area (Å²) in [6.45, 7) is 5.32. The van der Waals surface area contributed by atoms with E-state index in [0.29, 0.717) is 31.0 Å². The smallest absolute Gasteiger partial charge is 0.337 e. The molecule has 0 aliphatic rings. The molecule has 0 atom stereocenters. The number of amides is 2. The molecule has 1 aromatic rings. The molecule has 1 aromatic carbocycles. The number of unbranched alkanes of at least 4 members (excludes halogenated alkanes) is 1. The van der Waals surface area contributed by atoms with Gasteiger partial charge in [-0.15, -0.1) is 0 Å². The number of benzene rings is 1. The van der Waals surface area contributed by atoms with Crippen molar-refractivity contribution in [3.8, 4) is 0 Å². The van der Waals surface area contributed by atoms with Gasteiger partial charge in [0.05, 0.1) is 17.9 Å². The number of nitrogens with one attached hydrogen (secondary N) is 2. The largest absolute Gasteiger partial charge is 0.478 e. The van der Waals surface area contributed by atoms with Gasteiger partial charge in [0.2, 0.25) is 0 Å². The second-order valence-electron chi connectivity index (χ2n) is 4.65. The van der Waals surface area contributed by atoms with E-state index in [-0.39, 0.29) is 5.56 Å². The maximum absolute atomic E-state index is 11.8. The van der Waals surface area contributed by atoms with Crippen molar-refractivity contribution in [1.29, 1.82) is 0 Å². The Hall–Kier alpha value is -2.08. The summed E-state index contributed by atoms with van der Waals surface area (Å²) in [6, 6.07) is 4.41. The highest BCUT2D eigenvalue weighted by Crippen LogP contribution is 2.20. The average molecular weight is 294 g/mol. The van der Waals surface area contributed by atoms with E-state index in [1.54, 1.807) is 19.1 Å². The molecule has 6 nitrogen and oxygen atoms in total. The van der Waals surface area contributed by atoms with Crippen LogP contribution in [0.5, 0.6) is 0 Å². The highest BCUT2D eigenvalue weighted by molar-refractivity contribution is 6.00. The lowest BCUT2D eigenvalue weighted by Gasteiger charge is -2.12. The number of carboxylic acids is 1. The van der Waals surface area contributed by atoms with Crippen molar-refractivity contribution in [3.63, 3.8) is 0 Å². The summed E-state index contributed by atoms with van der Waals surface area (Å²) in [5.74, 6) is -1.07. The molecule has 0 fully saturated rings. The Morgan fingerprint density at radius 3 is 2.71 bits per heavy atom. The predicted molar refractivity (Wildman–Crippen MR) is 80.9 cm³/mol. The number of hydrogen-bond acceptors (Lipinski definition) is 3. The van der Waals surface area contributed by atoms with Crippen molar-refractivity contribution < 1.29 is 19.4 Å². The van der Waals surface area contributed by atoms with Crippen molar-refractivity contribution in [2.24, 2.45) is 0 Å². The lowest BCUT2D eigenvalue weighted by molar-refractivity contribution is 0.0698. The number of aryl methyl sites for hydroxylation is 1. The molecular weight excluding hydrogens is 272 g/mol. The first-order chi connectivity index (χ1) is 10.1. The fraction of sp³-hybridized carbons (Fsp3) is 0.467. The number of aromatic carboxylic acids is 1. The van der Waals surface area contributed by atoms with E-state index in [2.05, 4.69) is 17.6 Å². The standard InChI is InChI=1S/C15H22N2O4/c1-3-4-9-21-10-8-16-15(20)17-13-11(2)6-5-7-12(13)14(18)19/h5-7H,3-4,8-10H2,1-2H3,(H,18,19)(H2,16,17,20). The molecule has 6 heteroatoms. The molecule has 0 radical (unpaired) electrons. The number of anilines is 1. The van der Waals surface area contributed by atoms with Crippen LogP contribution in [-0.2, 0) is 4.74 Å². The van der Waals surface area contributed by atoms with Gasteiger partial charge in [-0.2, -0.15) is 0 Å². The molecule has 116 valence electrons. The molecule has 0 spiro atoms. The van der Waals surface area contributed by atoms with Crippen LogP contribution in [0.15, 0.2) is 18.2 Å². The number of carbonyl (C=O) groups is 2. The first-order valence-corrected chi connectivity index (χ1v) is 7.01. The molecule has 0 saturated heterocycles. The Balaban J connectivity index is 2.46. The van der Waals surface area contributed by atoms with Crippen molar-refractivity contribution in [3.05, 3.63) is 29.3 Å². The summed E-state index contributed by atoms with van der Waals surface area (Å²) >= 11 is 0. The second kappa shape index (κ2) is 8.97. The van der Waals surface area contributed by atoms with E-state index in [0.717, 1.165) is 12.8 Å². The fourth-order valence-electron chi connectivity index (χ4n) is 1.75. The SMILES string of the molecule is CCCCOCCNC(=O)Nc1c(C)cccc1C(=O)O. The summed E-state index contributed by atoms with van der Waals surface area (Å²) in [7, 11) is 0.